The molecule has 12 heteroatoms. The first-order chi connectivity index (χ1) is 13.9. The smallest absolute Gasteiger partial charge is 0.256 e. The van der Waals surface area contributed by atoms with Gasteiger partial charge in [0.05, 0.1) is 25.5 Å². The molecule has 29 heavy (non-hydrogen) atoms. The van der Waals surface area contributed by atoms with Crippen LogP contribution in [0.25, 0.3) is 5.69 Å². The number of carbonyl (C=O) groups is 1. The number of benzene rings is 1. The second-order valence-electron chi connectivity index (χ2n) is 6.29. The van der Waals surface area contributed by atoms with Gasteiger partial charge in [0.25, 0.3) is 5.17 Å². The van der Waals surface area contributed by atoms with E-state index in [1.54, 1.807) is 0 Å². The SMILES string of the molecule is COC(=S)NCc1cn(-c2cc(F)c(N3CCC(=O)N(CO)CC3)c(F)c2)nn1. The number of halogens is 2. The molecule has 1 amide bonds. The van der Waals surface area contributed by atoms with Crippen molar-refractivity contribution in [3.05, 3.63) is 35.7 Å². The molecule has 0 aliphatic carbocycles. The molecule has 0 spiro atoms. The van der Waals surface area contributed by atoms with E-state index in [1.165, 1.54) is 27.8 Å². The maximum absolute atomic E-state index is 14.8. The number of thiocarbonyl (C=S) groups is 1. The van der Waals surface area contributed by atoms with Gasteiger partial charge in [-0.3, -0.25) is 4.79 Å². The number of aromatic nitrogens is 3. The summed E-state index contributed by atoms with van der Waals surface area (Å²) in [6, 6.07) is 2.31. The van der Waals surface area contributed by atoms with Gasteiger partial charge in [-0.15, -0.1) is 5.10 Å². The van der Waals surface area contributed by atoms with Crippen molar-refractivity contribution in [3.8, 4) is 5.69 Å². The fourth-order valence-corrected chi connectivity index (χ4v) is 3.04. The molecule has 1 aliphatic rings. The predicted molar refractivity (Wildman–Crippen MR) is 103 cm³/mol. The summed E-state index contributed by atoms with van der Waals surface area (Å²) in [5.74, 6) is -1.81. The van der Waals surface area contributed by atoms with Gasteiger partial charge in [-0.2, -0.15) is 0 Å². The third-order valence-electron chi connectivity index (χ3n) is 4.48. The van der Waals surface area contributed by atoms with E-state index < -0.39 is 18.4 Å². The minimum atomic E-state index is -0.777. The normalized spacial score (nSPS) is 14.7. The lowest BCUT2D eigenvalue weighted by Gasteiger charge is -2.24. The van der Waals surface area contributed by atoms with Crippen LogP contribution in [0.1, 0.15) is 12.1 Å². The minimum Gasteiger partial charge on any atom is -0.474 e. The van der Waals surface area contributed by atoms with E-state index in [0.29, 0.717) is 5.69 Å². The van der Waals surface area contributed by atoms with E-state index in [2.05, 4.69) is 15.6 Å². The summed E-state index contributed by atoms with van der Waals surface area (Å²) in [7, 11) is 1.43. The molecule has 2 N–H and O–H groups in total. The maximum atomic E-state index is 14.8. The van der Waals surface area contributed by atoms with E-state index in [1.807, 2.05) is 0 Å². The Bertz CT molecular complexity index is 886. The number of rotatable bonds is 5. The summed E-state index contributed by atoms with van der Waals surface area (Å²) < 4.78 is 35.6. The number of anilines is 1. The van der Waals surface area contributed by atoms with Crippen LogP contribution in [0.5, 0.6) is 0 Å². The third-order valence-corrected chi connectivity index (χ3v) is 4.79. The zero-order valence-corrected chi connectivity index (χ0v) is 16.5. The summed E-state index contributed by atoms with van der Waals surface area (Å²) in [5, 5.41) is 20.0. The van der Waals surface area contributed by atoms with E-state index in [9.17, 15) is 18.7 Å². The van der Waals surface area contributed by atoms with Crippen LogP contribution in [0.4, 0.5) is 14.5 Å². The van der Waals surface area contributed by atoms with E-state index in [-0.39, 0.29) is 55.1 Å². The lowest BCUT2D eigenvalue weighted by Crippen LogP contribution is -2.34. The molecular weight excluding hydrogens is 406 g/mol. The molecule has 0 bridgehead atoms. The monoisotopic (exact) mass is 426 g/mol. The van der Waals surface area contributed by atoms with Crippen molar-refractivity contribution < 1.29 is 23.4 Å². The van der Waals surface area contributed by atoms with E-state index in [4.69, 9.17) is 17.0 Å². The predicted octanol–water partition coefficient (Wildman–Crippen LogP) is 0.555. The van der Waals surface area contributed by atoms with Crippen LogP contribution in [-0.4, -0.2) is 69.6 Å². The number of hydrogen-bond donors (Lipinski definition) is 2. The lowest BCUT2D eigenvalue weighted by atomic mass is 10.2. The second-order valence-corrected chi connectivity index (χ2v) is 6.66. The Morgan fingerprint density at radius 1 is 1.31 bits per heavy atom. The molecule has 1 aromatic carbocycles. The van der Waals surface area contributed by atoms with Crippen molar-refractivity contribution in [2.45, 2.75) is 13.0 Å². The van der Waals surface area contributed by atoms with Crippen LogP contribution in [0.3, 0.4) is 0 Å². The zero-order valence-electron chi connectivity index (χ0n) is 15.6. The van der Waals surface area contributed by atoms with Gasteiger partial charge in [0, 0.05) is 38.2 Å². The van der Waals surface area contributed by atoms with Crippen molar-refractivity contribution >= 4 is 29.0 Å². The van der Waals surface area contributed by atoms with Crippen LogP contribution in [0.15, 0.2) is 18.3 Å². The average Bonchev–Trinajstić information content (AvgIpc) is 3.10. The summed E-state index contributed by atoms with van der Waals surface area (Å²) in [6.45, 7) is 0.367. The van der Waals surface area contributed by atoms with Crippen LogP contribution in [0, 0.1) is 11.6 Å². The summed E-state index contributed by atoms with van der Waals surface area (Å²) in [5.41, 5.74) is 0.456. The molecule has 2 aromatic rings. The van der Waals surface area contributed by atoms with Crippen molar-refractivity contribution in [2.75, 3.05) is 38.4 Å². The van der Waals surface area contributed by atoms with Gasteiger partial charge in [-0.25, -0.2) is 13.5 Å². The largest absolute Gasteiger partial charge is 0.474 e. The topological polar surface area (TPSA) is 95.8 Å². The minimum absolute atomic E-state index is 0.0595. The van der Waals surface area contributed by atoms with Gasteiger partial charge in [0.2, 0.25) is 5.91 Å². The Balaban J connectivity index is 1.78. The highest BCUT2D eigenvalue weighted by atomic mass is 32.1. The number of amides is 1. The summed E-state index contributed by atoms with van der Waals surface area (Å²) in [4.78, 5) is 14.6. The first kappa shape index (κ1) is 20.9. The molecule has 2 heterocycles. The average molecular weight is 426 g/mol. The maximum Gasteiger partial charge on any atom is 0.256 e. The number of nitrogens with zero attached hydrogens (tertiary/aromatic N) is 5. The van der Waals surface area contributed by atoms with Crippen LogP contribution in [-0.2, 0) is 16.1 Å². The summed E-state index contributed by atoms with van der Waals surface area (Å²) in [6.07, 6.45) is 1.58. The third kappa shape index (κ3) is 4.77. The number of carbonyl (C=O) groups excluding carboxylic acids is 1. The number of ether oxygens (including phenoxy) is 1. The van der Waals surface area contributed by atoms with Gasteiger partial charge in [0.1, 0.15) is 18.1 Å². The highest BCUT2D eigenvalue weighted by molar-refractivity contribution is 7.80. The Morgan fingerprint density at radius 2 is 2.03 bits per heavy atom. The number of nitrogens with one attached hydrogen (secondary N) is 1. The van der Waals surface area contributed by atoms with Gasteiger partial charge in [-0.05, 0) is 12.2 Å². The molecular formula is C17H20F2N6O3S. The van der Waals surface area contributed by atoms with Crippen LogP contribution in [0.2, 0.25) is 0 Å². The fourth-order valence-electron chi connectivity index (χ4n) is 2.97. The molecule has 1 aliphatic heterocycles. The Labute approximate surface area is 170 Å². The Hall–Kier alpha value is -2.86. The molecule has 1 saturated heterocycles. The first-order valence-corrected chi connectivity index (χ1v) is 9.19. The number of aliphatic hydroxyl groups excluding tert-OH is 1. The van der Waals surface area contributed by atoms with Crippen molar-refractivity contribution in [2.24, 2.45) is 0 Å². The molecule has 9 nitrogen and oxygen atoms in total. The standard InChI is InChI=1S/C17H20F2N6O3S/c1-28-17(29)20-8-11-9-25(22-21-11)12-6-13(18)16(14(19)7-12)23-3-2-15(27)24(10-26)5-4-23/h6-7,9,26H,2-5,8,10H2,1H3,(H,20,29). The fraction of sp³-hybridized carbons (Fsp3) is 0.412. The zero-order chi connectivity index (χ0) is 21.0. The van der Waals surface area contributed by atoms with E-state index >= 15 is 0 Å². The molecule has 156 valence electrons. The highest BCUT2D eigenvalue weighted by Gasteiger charge is 2.25. The summed E-state index contributed by atoms with van der Waals surface area (Å²) >= 11 is 4.87. The Morgan fingerprint density at radius 3 is 2.69 bits per heavy atom. The lowest BCUT2D eigenvalue weighted by molar-refractivity contribution is -0.133. The molecule has 0 saturated carbocycles. The molecule has 1 fully saturated rings. The van der Waals surface area contributed by atoms with Gasteiger partial charge < -0.3 is 25.0 Å². The van der Waals surface area contributed by atoms with Crippen LogP contribution < -0.4 is 10.2 Å². The Kier molecular flexibility index (Phi) is 6.54. The number of aliphatic hydroxyl groups is 1. The molecule has 0 unspecified atom stereocenters. The molecule has 1 aromatic heterocycles. The van der Waals surface area contributed by atoms with E-state index in [0.717, 1.165) is 12.1 Å². The molecule has 0 atom stereocenters. The first-order valence-electron chi connectivity index (χ1n) is 8.79. The van der Waals surface area contributed by atoms with Crippen molar-refractivity contribution in [1.29, 1.82) is 0 Å². The molecule has 3 rings (SSSR count). The van der Waals surface area contributed by atoms with Crippen molar-refractivity contribution in [1.82, 2.24) is 25.2 Å². The van der Waals surface area contributed by atoms with Crippen LogP contribution >= 0.6 is 12.2 Å². The number of hydrogen-bond acceptors (Lipinski definition) is 7. The molecule has 0 radical (unpaired) electrons. The van der Waals surface area contributed by atoms with Crippen molar-refractivity contribution in [3.63, 3.8) is 0 Å². The van der Waals surface area contributed by atoms with Gasteiger partial charge in [-0.1, -0.05) is 5.21 Å². The number of methoxy groups -OCH3 is 1. The highest BCUT2D eigenvalue weighted by Crippen LogP contribution is 2.27. The van der Waals surface area contributed by atoms with Gasteiger partial charge >= 0.3 is 0 Å². The van der Waals surface area contributed by atoms with Gasteiger partial charge in [0.15, 0.2) is 11.6 Å². The second kappa shape index (κ2) is 9.09. The quantitative estimate of drug-likeness (QED) is 0.670.